The number of hydrogen-bond acceptors (Lipinski definition) is 3. The first-order valence-corrected chi connectivity index (χ1v) is 7.86. The third-order valence-corrected chi connectivity index (χ3v) is 5.22. The van der Waals surface area contributed by atoms with E-state index in [0.717, 1.165) is 29.9 Å². The highest BCUT2D eigenvalue weighted by Crippen LogP contribution is 2.48. The normalized spacial score (nSPS) is 27.6. The van der Waals surface area contributed by atoms with Crippen LogP contribution in [0.3, 0.4) is 0 Å². The van der Waals surface area contributed by atoms with Crippen molar-refractivity contribution < 1.29 is 14.4 Å². The largest absolute Gasteiger partial charge is 0.491 e. The molecule has 0 aliphatic heterocycles. The van der Waals surface area contributed by atoms with Gasteiger partial charge in [0.2, 0.25) is 0 Å². The molecule has 21 heavy (non-hydrogen) atoms. The molecule has 2 fully saturated rings. The summed E-state index contributed by atoms with van der Waals surface area (Å²) in [5, 5.41) is 18.3. The van der Waals surface area contributed by atoms with Gasteiger partial charge in [-0.15, -0.1) is 0 Å². The molecule has 2 saturated carbocycles. The Hall–Kier alpha value is -0.905. The molecule has 3 atom stereocenters. The van der Waals surface area contributed by atoms with Crippen molar-refractivity contribution in [3.8, 4) is 0 Å². The lowest BCUT2D eigenvalue weighted by molar-refractivity contribution is 0.214. The quantitative estimate of drug-likeness (QED) is 0.805. The first-order valence-electron chi connectivity index (χ1n) is 7.86. The van der Waals surface area contributed by atoms with E-state index in [1.807, 2.05) is 0 Å². The number of hydrogen-bond donors (Lipinski definition) is 2. The number of fused-ring (bicyclic) bond motifs is 2. The highest BCUT2D eigenvalue weighted by atomic mass is 19.1. The standard InChI is InChI=1S/C16H23BFNO2/c1-19(10-14-7-11-2-4-13(14)6-11)9-12-3-5-16(18)15(8-12)17(20)21/h3,5,8,11,13-14,20-21H,2,4,6-7,9-10H2,1H3. The Morgan fingerprint density at radius 3 is 2.71 bits per heavy atom. The van der Waals surface area contributed by atoms with Crippen LogP contribution in [0, 0.1) is 23.6 Å². The SMILES string of the molecule is CN(Cc1ccc(F)c(B(O)O)c1)CC1CC2CCC1C2. The minimum absolute atomic E-state index is 0.0409. The van der Waals surface area contributed by atoms with E-state index in [1.165, 1.54) is 31.7 Å². The summed E-state index contributed by atoms with van der Waals surface area (Å²) in [6.07, 6.45) is 5.58. The van der Waals surface area contributed by atoms with Gasteiger partial charge in [0, 0.05) is 18.6 Å². The molecule has 0 spiro atoms. The van der Waals surface area contributed by atoms with E-state index in [-0.39, 0.29) is 5.46 Å². The average Bonchev–Trinajstić information content (AvgIpc) is 3.03. The molecule has 0 amide bonds. The summed E-state index contributed by atoms with van der Waals surface area (Å²) in [5.41, 5.74) is 0.881. The van der Waals surface area contributed by atoms with Gasteiger partial charge in [0.05, 0.1) is 0 Å². The molecule has 1 aromatic rings. The van der Waals surface area contributed by atoms with Crippen LogP contribution in [0.2, 0.25) is 0 Å². The fraction of sp³-hybridized carbons (Fsp3) is 0.625. The van der Waals surface area contributed by atoms with E-state index < -0.39 is 12.9 Å². The predicted octanol–water partition coefficient (Wildman–Crippen LogP) is 1.37. The second kappa shape index (κ2) is 6.07. The van der Waals surface area contributed by atoms with Crippen molar-refractivity contribution in [2.45, 2.75) is 32.2 Å². The third-order valence-electron chi connectivity index (χ3n) is 5.22. The monoisotopic (exact) mass is 291 g/mol. The molecule has 2 aliphatic rings. The van der Waals surface area contributed by atoms with Crippen LogP contribution in [0.5, 0.6) is 0 Å². The minimum Gasteiger partial charge on any atom is -0.423 e. The molecule has 5 heteroatoms. The van der Waals surface area contributed by atoms with Gasteiger partial charge < -0.3 is 14.9 Å². The minimum atomic E-state index is -1.75. The topological polar surface area (TPSA) is 43.7 Å². The van der Waals surface area contributed by atoms with Crippen LogP contribution in [0.15, 0.2) is 18.2 Å². The van der Waals surface area contributed by atoms with Gasteiger partial charge in [-0.1, -0.05) is 18.6 Å². The van der Waals surface area contributed by atoms with Crippen LogP contribution in [0.25, 0.3) is 0 Å². The zero-order valence-corrected chi connectivity index (χ0v) is 12.5. The van der Waals surface area contributed by atoms with Crippen LogP contribution in [0.4, 0.5) is 4.39 Å². The first kappa shape index (κ1) is 15.0. The summed E-state index contributed by atoms with van der Waals surface area (Å²) in [7, 11) is 0.338. The molecule has 0 heterocycles. The van der Waals surface area contributed by atoms with Gasteiger partial charge in [-0.2, -0.15) is 0 Å². The Kier molecular flexibility index (Phi) is 4.34. The molecule has 2 aliphatic carbocycles. The molecule has 0 saturated heterocycles. The Morgan fingerprint density at radius 2 is 2.10 bits per heavy atom. The smallest absolute Gasteiger partial charge is 0.423 e. The van der Waals surface area contributed by atoms with E-state index in [1.54, 1.807) is 12.1 Å². The second-order valence-electron chi connectivity index (χ2n) is 6.86. The van der Waals surface area contributed by atoms with Gasteiger partial charge in [0.1, 0.15) is 5.82 Å². The maximum absolute atomic E-state index is 13.5. The average molecular weight is 291 g/mol. The van der Waals surface area contributed by atoms with E-state index in [0.29, 0.717) is 6.54 Å². The summed E-state index contributed by atoms with van der Waals surface area (Å²) >= 11 is 0. The Morgan fingerprint density at radius 1 is 1.29 bits per heavy atom. The number of rotatable bonds is 5. The van der Waals surface area contributed by atoms with Gasteiger partial charge >= 0.3 is 7.12 Å². The van der Waals surface area contributed by atoms with Gasteiger partial charge in [-0.3, -0.25) is 0 Å². The van der Waals surface area contributed by atoms with Crippen molar-refractivity contribution in [2.75, 3.05) is 13.6 Å². The van der Waals surface area contributed by atoms with Gasteiger partial charge in [-0.05, 0) is 55.7 Å². The van der Waals surface area contributed by atoms with Crippen LogP contribution < -0.4 is 5.46 Å². The lowest BCUT2D eigenvalue weighted by Gasteiger charge is -2.27. The van der Waals surface area contributed by atoms with E-state index in [2.05, 4.69) is 11.9 Å². The lowest BCUT2D eigenvalue weighted by atomic mass is 9.79. The van der Waals surface area contributed by atoms with Gasteiger partial charge in [0.15, 0.2) is 0 Å². The molecule has 0 radical (unpaired) electrons. The summed E-state index contributed by atoms with van der Waals surface area (Å²) in [5.74, 6) is 2.09. The predicted molar refractivity (Wildman–Crippen MR) is 81.5 cm³/mol. The molecule has 1 aromatic carbocycles. The molecule has 0 aromatic heterocycles. The molecule has 2 N–H and O–H groups in total. The van der Waals surface area contributed by atoms with Crippen molar-refractivity contribution in [1.82, 2.24) is 4.90 Å². The lowest BCUT2D eigenvalue weighted by Crippen LogP contribution is -2.34. The number of halogens is 1. The van der Waals surface area contributed by atoms with Crippen molar-refractivity contribution in [3.05, 3.63) is 29.6 Å². The highest BCUT2D eigenvalue weighted by Gasteiger charge is 2.39. The van der Waals surface area contributed by atoms with Crippen LogP contribution >= 0.6 is 0 Å². The van der Waals surface area contributed by atoms with Crippen molar-refractivity contribution >= 4 is 12.6 Å². The highest BCUT2D eigenvalue weighted by molar-refractivity contribution is 6.58. The summed E-state index contributed by atoms with van der Waals surface area (Å²) in [6.45, 7) is 1.80. The first-order chi connectivity index (χ1) is 10.0. The molecular weight excluding hydrogens is 268 g/mol. The van der Waals surface area contributed by atoms with Crippen LogP contribution in [-0.2, 0) is 6.54 Å². The molecule has 3 unspecified atom stereocenters. The van der Waals surface area contributed by atoms with Gasteiger partial charge in [-0.25, -0.2) is 4.39 Å². The Labute approximate surface area is 125 Å². The molecule has 2 bridgehead atoms. The zero-order valence-electron chi connectivity index (χ0n) is 12.5. The zero-order chi connectivity index (χ0) is 15.0. The number of benzene rings is 1. The van der Waals surface area contributed by atoms with Crippen molar-refractivity contribution in [2.24, 2.45) is 17.8 Å². The summed E-state index contributed by atoms with van der Waals surface area (Å²) in [6, 6.07) is 4.59. The maximum Gasteiger partial charge on any atom is 0.491 e. The third kappa shape index (κ3) is 3.30. The maximum atomic E-state index is 13.5. The van der Waals surface area contributed by atoms with Crippen LogP contribution in [-0.4, -0.2) is 35.7 Å². The van der Waals surface area contributed by atoms with E-state index in [9.17, 15) is 4.39 Å². The van der Waals surface area contributed by atoms with Gasteiger partial charge in [0.25, 0.3) is 0 Å². The summed E-state index contributed by atoms with van der Waals surface area (Å²) in [4.78, 5) is 2.27. The molecule has 3 rings (SSSR count). The fourth-order valence-electron chi connectivity index (χ4n) is 4.27. The molecule has 3 nitrogen and oxygen atoms in total. The molecular formula is C16H23BFNO2. The summed E-state index contributed by atoms with van der Waals surface area (Å²) < 4.78 is 13.5. The Balaban J connectivity index is 1.59. The van der Waals surface area contributed by atoms with E-state index in [4.69, 9.17) is 10.0 Å². The van der Waals surface area contributed by atoms with Crippen molar-refractivity contribution in [1.29, 1.82) is 0 Å². The fourth-order valence-corrected chi connectivity index (χ4v) is 4.27. The van der Waals surface area contributed by atoms with E-state index >= 15 is 0 Å². The molecule has 114 valence electrons. The second-order valence-corrected chi connectivity index (χ2v) is 6.86. The Bertz CT molecular complexity index is 511. The van der Waals surface area contributed by atoms with Crippen molar-refractivity contribution in [3.63, 3.8) is 0 Å². The number of nitrogens with zero attached hydrogens (tertiary/aromatic N) is 1. The van der Waals surface area contributed by atoms with Crippen LogP contribution in [0.1, 0.15) is 31.2 Å².